The summed E-state index contributed by atoms with van der Waals surface area (Å²) >= 11 is 0. The van der Waals surface area contributed by atoms with E-state index >= 15 is 0 Å². The molecule has 1 aliphatic heterocycles. The van der Waals surface area contributed by atoms with E-state index in [-0.39, 0.29) is 11.8 Å². The second-order valence-electron chi connectivity index (χ2n) is 6.63. The molecule has 1 amide bonds. The number of benzene rings is 1. The van der Waals surface area contributed by atoms with Crippen molar-refractivity contribution in [3.05, 3.63) is 35.9 Å². The van der Waals surface area contributed by atoms with Crippen LogP contribution in [-0.2, 0) is 4.79 Å². The third-order valence-electron chi connectivity index (χ3n) is 5.39. The molecule has 2 fully saturated rings. The van der Waals surface area contributed by atoms with Gasteiger partial charge in [0.1, 0.15) is 0 Å². The van der Waals surface area contributed by atoms with Crippen molar-refractivity contribution in [3.8, 4) is 0 Å². The highest BCUT2D eigenvalue weighted by atomic mass is 16.2. The van der Waals surface area contributed by atoms with Crippen molar-refractivity contribution < 1.29 is 4.79 Å². The summed E-state index contributed by atoms with van der Waals surface area (Å²) in [6.07, 6.45) is 4.49. The average Bonchev–Trinajstić information content (AvgIpc) is 3.23. The molecule has 2 aliphatic rings. The van der Waals surface area contributed by atoms with Crippen LogP contribution < -0.4 is 10.6 Å². The second kappa shape index (κ2) is 6.18. The third kappa shape index (κ3) is 3.13. The van der Waals surface area contributed by atoms with Crippen LogP contribution in [0.15, 0.2) is 30.3 Å². The maximum Gasteiger partial charge on any atom is 0.223 e. The Morgan fingerprint density at radius 3 is 2.71 bits per heavy atom. The zero-order valence-electron chi connectivity index (χ0n) is 12.9. The van der Waals surface area contributed by atoms with E-state index in [1.54, 1.807) is 0 Å². The molecule has 0 bridgehead atoms. The molecule has 3 rings (SSSR count). The van der Waals surface area contributed by atoms with Crippen molar-refractivity contribution >= 4 is 5.91 Å². The first kappa shape index (κ1) is 14.6. The fourth-order valence-electron chi connectivity index (χ4n) is 3.77. The van der Waals surface area contributed by atoms with Gasteiger partial charge in [-0.15, -0.1) is 0 Å². The van der Waals surface area contributed by atoms with Crippen molar-refractivity contribution in [1.29, 1.82) is 0 Å². The van der Waals surface area contributed by atoms with Gasteiger partial charge in [-0.3, -0.25) is 4.79 Å². The van der Waals surface area contributed by atoms with Crippen LogP contribution in [0.2, 0.25) is 0 Å². The van der Waals surface area contributed by atoms with Crippen molar-refractivity contribution in [1.82, 2.24) is 10.6 Å². The van der Waals surface area contributed by atoms with Gasteiger partial charge in [-0.25, -0.2) is 0 Å². The Labute approximate surface area is 127 Å². The maximum atomic E-state index is 12.4. The molecule has 2 N–H and O–H groups in total. The molecule has 1 heterocycles. The SMILES string of the molecule is CCC(CNC(=O)C1CC12CCNCC2)c1ccccc1. The first-order chi connectivity index (χ1) is 10.2. The van der Waals surface area contributed by atoms with Gasteiger partial charge in [-0.05, 0) is 49.8 Å². The van der Waals surface area contributed by atoms with E-state index < -0.39 is 0 Å². The van der Waals surface area contributed by atoms with Crippen LogP contribution in [0.4, 0.5) is 0 Å². The minimum absolute atomic E-state index is 0.271. The maximum absolute atomic E-state index is 12.4. The fourth-order valence-corrected chi connectivity index (χ4v) is 3.77. The Hall–Kier alpha value is -1.35. The topological polar surface area (TPSA) is 41.1 Å². The quantitative estimate of drug-likeness (QED) is 0.874. The summed E-state index contributed by atoms with van der Waals surface area (Å²) in [5.74, 6) is 0.983. The third-order valence-corrected chi connectivity index (χ3v) is 5.39. The Kier molecular flexibility index (Phi) is 4.29. The smallest absolute Gasteiger partial charge is 0.223 e. The highest BCUT2D eigenvalue weighted by molar-refractivity contribution is 5.82. The predicted octanol–water partition coefficient (Wildman–Crippen LogP) is 2.69. The lowest BCUT2D eigenvalue weighted by molar-refractivity contribution is -0.123. The number of carbonyl (C=O) groups is 1. The van der Waals surface area contributed by atoms with Crippen LogP contribution >= 0.6 is 0 Å². The predicted molar refractivity (Wildman–Crippen MR) is 85.1 cm³/mol. The molecule has 1 aliphatic carbocycles. The van der Waals surface area contributed by atoms with Crippen molar-refractivity contribution in [3.63, 3.8) is 0 Å². The summed E-state index contributed by atoms with van der Waals surface area (Å²) in [7, 11) is 0. The summed E-state index contributed by atoms with van der Waals surface area (Å²) in [5.41, 5.74) is 1.66. The van der Waals surface area contributed by atoms with E-state index in [4.69, 9.17) is 0 Å². The van der Waals surface area contributed by atoms with Gasteiger partial charge in [-0.1, -0.05) is 37.3 Å². The highest BCUT2D eigenvalue weighted by Crippen LogP contribution is 2.58. The minimum Gasteiger partial charge on any atom is -0.355 e. The molecule has 1 aromatic rings. The standard InChI is InChI=1S/C18H26N2O/c1-2-14(15-6-4-3-5-7-15)13-20-17(21)16-12-18(16)8-10-19-11-9-18/h3-7,14,16,19H,2,8-13H2,1H3,(H,20,21). The summed E-state index contributed by atoms with van der Waals surface area (Å²) in [6.45, 7) is 5.11. The van der Waals surface area contributed by atoms with Crippen molar-refractivity contribution in [2.24, 2.45) is 11.3 Å². The van der Waals surface area contributed by atoms with E-state index in [9.17, 15) is 4.79 Å². The number of piperidine rings is 1. The highest BCUT2D eigenvalue weighted by Gasteiger charge is 2.57. The van der Waals surface area contributed by atoms with Gasteiger partial charge in [0.2, 0.25) is 5.91 Å². The number of rotatable bonds is 5. The zero-order chi connectivity index (χ0) is 14.7. The normalized spacial score (nSPS) is 24.5. The summed E-state index contributed by atoms with van der Waals surface area (Å²) in [4.78, 5) is 12.4. The van der Waals surface area contributed by atoms with Crippen LogP contribution in [0.1, 0.15) is 44.1 Å². The van der Waals surface area contributed by atoms with Crippen LogP contribution in [0.5, 0.6) is 0 Å². The lowest BCUT2D eigenvalue weighted by Gasteiger charge is -2.23. The van der Waals surface area contributed by atoms with Gasteiger partial charge in [0.15, 0.2) is 0 Å². The van der Waals surface area contributed by atoms with E-state index in [0.717, 1.165) is 32.5 Å². The van der Waals surface area contributed by atoms with Crippen LogP contribution in [0, 0.1) is 11.3 Å². The van der Waals surface area contributed by atoms with E-state index in [0.29, 0.717) is 11.3 Å². The van der Waals surface area contributed by atoms with Crippen LogP contribution in [0.25, 0.3) is 0 Å². The van der Waals surface area contributed by atoms with E-state index in [2.05, 4.69) is 41.8 Å². The molecular formula is C18H26N2O. The molecule has 3 heteroatoms. The minimum atomic E-state index is 0.271. The van der Waals surface area contributed by atoms with Gasteiger partial charge < -0.3 is 10.6 Å². The van der Waals surface area contributed by atoms with Crippen molar-refractivity contribution in [2.45, 2.75) is 38.5 Å². The Morgan fingerprint density at radius 2 is 2.05 bits per heavy atom. The number of hydrogen-bond donors (Lipinski definition) is 2. The molecule has 1 spiro atoms. The average molecular weight is 286 g/mol. The fraction of sp³-hybridized carbons (Fsp3) is 0.611. The van der Waals surface area contributed by atoms with E-state index in [1.165, 1.54) is 18.4 Å². The molecular weight excluding hydrogens is 260 g/mol. The van der Waals surface area contributed by atoms with Crippen molar-refractivity contribution in [2.75, 3.05) is 19.6 Å². The number of hydrogen-bond acceptors (Lipinski definition) is 2. The summed E-state index contributed by atoms with van der Waals surface area (Å²) in [5, 5.41) is 6.60. The second-order valence-corrected chi connectivity index (χ2v) is 6.63. The first-order valence-electron chi connectivity index (χ1n) is 8.28. The largest absolute Gasteiger partial charge is 0.355 e. The van der Waals surface area contributed by atoms with Crippen LogP contribution in [-0.4, -0.2) is 25.5 Å². The molecule has 114 valence electrons. The lowest BCUT2D eigenvalue weighted by Crippen LogP contribution is -2.35. The van der Waals surface area contributed by atoms with E-state index in [1.807, 2.05) is 6.07 Å². The number of carbonyl (C=O) groups excluding carboxylic acids is 1. The molecule has 1 aromatic carbocycles. The van der Waals surface area contributed by atoms with Gasteiger partial charge >= 0.3 is 0 Å². The van der Waals surface area contributed by atoms with Gasteiger partial charge in [0.25, 0.3) is 0 Å². The zero-order valence-corrected chi connectivity index (χ0v) is 12.9. The Morgan fingerprint density at radius 1 is 1.33 bits per heavy atom. The summed E-state index contributed by atoms with van der Waals surface area (Å²) < 4.78 is 0. The Balaban J connectivity index is 1.52. The number of amides is 1. The molecule has 0 radical (unpaired) electrons. The monoisotopic (exact) mass is 286 g/mol. The number of nitrogens with one attached hydrogen (secondary N) is 2. The molecule has 3 nitrogen and oxygen atoms in total. The van der Waals surface area contributed by atoms with Gasteiger partial charge in [0, 0.05) is 18.4 Å². The van der Waals surface area contributed by atoms with Gasteiger partial charge in [0.05, 0.1) is 0 Å². The van der Waals surface area contributed by atoms with Gasteiger partial charge in [-0.2, -0.15) is 0 Å². The molecule has 2 unspecified atom stereocenters. The Bertz CT molecular complexity index is 479. The molecule has 21 heavy (non-hydrogen) atoms. The lowest BCUT2D eigenvalue weighted by atomic mass is 9.91. The first-order valence-corrected chi connectivity index (χ1v) is 8.28. The molecule has 1 saturated heterocycles. The molecule has 1 saturated carbocycles. The summed E-state index contributed by atoms with van der Waals surface area (Å²) in [6, 6.07) is 10.5. The molecule has 2 atom stereocenters. The molecule has 0 aromatic heterocycles. The van der Waals surface area contributed by atoms with Crippen LogP contribution in [0.3, 0.4) is 0 Å².